The Kier molecular flexibility index (Phi) is 5.49. The summed E-state index contributed by atoms with van der Waals surface area (Å²) in [6.07, 6.45) is 3.31. The number of anilines is 1. The van der Waals surface area contributed by atoms with Gasteiger partial charge in [0.25, 0.3) is 0 Å². The summed E-state index contributed by atoms with van der Waals surface area (Å²) >= 11 is 12.2. The monoisotopic (exact) mass is 417 g/mol. The molecule has 28 heavy (non-hydrogen) atoms. The van der Waals surface area contributed by atoms with Gasteiger partial charge in [-0.3, -0.25) is 14.7 Å². The molecule has 1 saturated heterocycles. The molecule has 7 heteroatoms. The van der Waals surface area contributed by atoms with E-state index < -0.39 is 0 Å². The molecule has 2 aromatic carbocycles. The fraction of sp³-hybridized carbons (Fsp3) is 0.238. The minimum atomic E-state index is -0.322. The van der Waals surface area contributed by atoms with Gasteiger partial charge >= 0.3 is 0 Å². The average molecular weight is 418 g/mol. The molecule has 4 rings (SSSR count). The molecule has 1 aliphatic rings. The summed E-state index contributed by atoms with van der Waals surface area (Å²) in [6.45, 7) is 1.21. The highest BCUT2D eigenvalue weighted by atomic mass is 35.5. The molecular weight excluding hydrogens is 400 g/mol. The molecule has 2 heterocycles. The van der Waals surface area contributed by atoms with Crippen LogP contribution in [0.15, 0.2) is 48.7 Å². The zero-order chi connectivity index (χ0) is 19.7. The number of hydrogen-bond acceptors (Lipinski definition) is 3. The van der Waals surface area contributed by atoms with Gasteiger partial charge in [-0.2, -0.15) is 0 Å². The normalized spacial score (nSPS) is 17.2. The van der Waals surface area contributed by atoms with Crippen LogP contribution in [0.1, 0.15) is 18.4 Å². The van der Waals surface area contributed by atoms with Crippen molar-refractivity contribution in [2.75, 3.05) is 11.9 Å². The van der Waals surface area contributed by atoms with Gasteiger partial charge in [-0.15, -0.1) is 0 Å². The molecule has 1 fully saturated rings. The van der Waals surface area contributed by atoms with E-state index in [-0.39, 0.29) is 17.8 Å². The molecule has 144 valence electrons. The second-order valence-electron chi connectivity index (χ2n) is 6.88. The number of aromatic nitrogens is 1. The number of benzene rings is 2. The minimum Gasteiger partial charge on any atom is -0.323 e. The van der Waals surface area contributed by atoms with E-state index >= 15 is 0 Å². The van der Waals surface area contributed by atoms with Gasteiger partial charge in [-0.1, -0.05) is 29.3 Å². The summed E-state index contributed by atoms with van der Waals surface area (Å²) in [6, 6.07) is 11.2. The molecule has 0 radical (unpaired) electrons. The fourth-order valence-corrected chi connectivity index (χ4v) is 4.03. The molecule has 3 aromatic rings. The van der Waals surface area contributed by atoms with Crippen LogP contribution < -0.4 is 5.32 Å². The summed E-state index contributed by atoms with van der Waals surface area (Å²) in [4.78, 5) is 19.3. The van der Waals surface area contributed by atoms with Crippen LogP contribution in [-0.2, 0) is 11.3 Å². The highest BCUT2D eigenvalue weighted by Gasteiger charge is 2.31. The molecule has 4 nitrogen and oxygen atoms in total. The molecular formula is C21H18Cl2FN3O. The second-order valence-corrected chi connectivity index (χ2v) is 7.73. The molecule has 1 amide bonds. The predicted molar refractivity (Wildman–Crippen MR) is 110 cm³/mol. The van der Waals surface area contributed by atoms with E-state index in [0.29, 0.717) is 22.3 Å². The van der Waals surface area contributed by atoms with E-state index in [1.54, 1.807) is 30.5 Å². The highest BCUT2D eigenvalue weighted by Crippen LogP contribution is 2.28. The lowest BCUT2D eigenvalue weighted by atomic mass is 10.1. The van der Waals surface area contributed by atoms with Crippen LogP contribution in [0.2, 0.25) is 10.0 Å². The number of pyridine rings is 1. The molecule has 0 spiro atoms. The Labute approximate surface area is 172 Å². The Morgan fingerprint density at radius 2 is 2.11 bits per heavy atom. The Hall–Kier alpha value is -2.21. The van der Waals surface area contributed by atoms with Gasteiger partial charge < -0.3 is 5.32 Å². The van der Waals surface area contributed by atoms with E-state index in [4.69, 9.17) is 23.2 Å². The lowest BCUT2D eigenvalue weighted by molar-refractivity contribution is -0.120. The summed E-state index contributed by atoms with van der Waals surface area (Å²) in [5, 5.41) is 4.56. The van der Waals surface area contributed by atoms with Crippen molar-refractivity contribution in [1.29, 1.82) is 0 Å². The van der Waals surface area contributed by atoms with Gasteiger partial charge in [0.1, 0.15) is 5.82 Å². The lowest BCUT2D eigenvalue weighted by Gasteiger charge is -2.24. The maximum atomic E-state index is 14.0. The Morgan fingerprint density at radius 1 is 1.25 bits per heavy atom. The van der Waals surface area contributed by atoms with Crippen LogP contribution >= 0.6 is 23.2 Å². The Balaban J connectivity index is 1.56. The number of nitrogens with zero attached hydrogens (tertiary/aromatic N) is 2. The van der Waals surface area contributed by atoms with Crippen molar-refractivity contribution in [2.45, 2.75) is 25.4 Å². The fourth-order valence-electron chi connectivity index (χ4n) is 3.69. The van der Waals surface area contributed by atoms with E-state index in [9.17, 15) is 9.18 Å². The molecule has 1 N–H and O–H groups in total. The van der Waals surface area contributed by atoms with Gasteiger partial charge in [-0.25, -0.2) is 4.39 Å². The molecule has 1 unspecified atom stereocenters. The smallest absolute Gasteiger partial charge is 0.241 e. The first-order valence-corrected chi connectivity index (χ1v) is 9.80. The number of carbonyl (C=O) groups excluding carboxylic acids is 1. The topological polar surface area (TPSA) is 45.2 Å². The standard InChI is InChI=1S/C21H18Cl2FN3O/c22-15-5-6-17(23)18(11-15)26-21(28)19-4-2-8-27(19)12-14-10-16(24)9-13-3-1-7-25-20(13)14/h1,3,5-7,9-11,19H,2,4,8,12H2,(H,26,28). The average Bonchev–Trinajstić information content (AvgIpc) is 3.13. The second kappa shape index (κ2) is 8.03. The van der Waals surface area contributed by atoms with E-state index in [2.05, 4.69) is 15.2 Å². The van der Waals surface area contributed by atoms with Crippen molar-refractivity contribution in [2.24, 2.45) is 0 Å². The SMILES string of the molecule is O=C(Nc1cc(Cl)ccc1Cl)C1CCCN1Cc1cc(F)cc2cccnc12. The molecule has 0 bridgehead atoms. The van der Waals surface area contributed by atoms with Gasteiger partial charge in [0.05, 0.1) is 22.3 Å². The van der Waals surface area contributed by atoms with Crippen molar-refractivity contribution in [3.63, 3.8) is 0 Å². The first-order chi connectivity index (χ1) is 13.5. The third-order valence-electron chi connectivity index (χ3n) is 4.97. The molecule has 0 saturated carbocycles. The minimum absolute atomic E-state index is 0.143. The van der Waals surface area contributed by atoms with E-state index in [1.165, 1.54) is 12.1 Å². The Bertz CT molecular complexity index is 1040. The first kappa shape index (κ1) is 19.1. The number of rotatable bonds is 4. The molecule has 0 aliphatic carbocycles. The Morgan fingerprint density at radius 3 is 2.96 bits per heavy atom. The number of halogens is 3. The summed E-state index contributed by atoms with van der Waals surface area (Å²) in [5.74, 6) is -0.447. The summed E-state index contributed by atoms with van der Waals surface area (Å²) in [7, 11) is 0. The summed E-state index contributed by atoms with van der Waals surface area (Å²) < 4.78 is 14.0. The number of carbonyl (C=O) groups is 1. The van der Waals surface area contributed by atoms with Crippen molar-refractivity contribution >= 4 is 45.7 Å². The van der Waals surface area contributed by atoms with Crippen LogP contribution in [0.25, 0.3) is 10.9 Å². The maximum Gasteiger partial charge on any atom is 0.241 e. The zero-order valence-electron chi connectivity index (χ0n) is 15.0. The van der Waals surface area contributed by atoms with Crippen molar-refractivity contribution in [3.8, 4) is 0 Å². The van der Waals surface area contributed by atoms with E-state index in [0.717, 1.165) is 35.9 Å². The molecule has 1 atom stereocenters. The third-order valence-corrected chi connectivity index (χ3v) is 5.54. The number of nitrogens with one attached hydrogen (secondary N) is 1. The maximum absolute atomic E-state index is 14.0. The third kappa shape index (κ3) is 3.97. The van der Waals surface area contributed by atoms with Gasteiger partial charge in [0.2, 0.25) is 5.91 Å². The number of amides is 1. The first-order valence-electron chi connectivity index (χ1n) is 9.04. The largest absolute Gasteiger partial charge is 0.323 e. The van der Waals surface area contributed by atoms with Crippen molar-refractivity contribution in [3.05, 3.63) is 70.1 Å². The van der Waals surface area contributed by atoms with Crippen LogP contribution in [0.5, 0.6) is 0 Å². The van der Waals surface area contributed by atoms with Gasteiger partial charge in [0, 0.05) is 23.2 Å². The van der Waals surface area contributed by atoms with Crippen LogP contribution in [0, 0.1) is 5.82 Å². The van der Waals surface area contributed by atoms with Gasteiger partial charge in [0.15, 0.2) is 0 Å². The van der Waals surface area contributed by atoms with Crippen molar-refractivity contribution < 1.29 is 9.18 Å². The predicted octanol–water partition coefficient (Wildman–Crippen LogP) is 5.28. The highest BCUT2D eigenvalue weighted by molar-refractivity contribution is 6.35. The summed E-state index contributed by atoms with van der Waals surface area (Å²) in [5.41, 5.74) is 2.02. The van der Waals surface area contributed by atoms with Crippen LogP contribution in [0.3, 0.4) is 0 Å². The number of likely N-dealkylation sites (tertiary alicyclic amines) is 1. The number of fused-ring (bicyclic) bond motifs is 1. The lowest BCUT2D eigenvalue weighted by Crippen LogP contribution is -2.39. The van der Waals surface area contributed by atoms with E-state index in [1.807, 2.05) is 6.07 Å². The molecule has 1 aliphatic heterocycles. The number of hydrogen-bond donors (Lipinski definition) is 1. The van der Waals surface area contributed by atoms with Gasteiger partial charge in [-0.05, 0) is 61.3 Å². The van der Waals surface area contributed by atoms with Crippen LogP contribution in [0.4, 0.5) is 10.1 Å². The molecule has 1 aromatic heterocycles. The van der Waals surface area contributed by atoms with Crippen molar-refractivity contribution in [1.82, 2.24) is 9.88 Å². The zero-order valence-corrected chi connectivity index (χ0v) is 16.5. The quantitative estimate of drug-likeness (QED) is 0.627. The van der Waals surface area contributed by atoms with Crippen LogP contribution in [-0.4, -0.2) is 28.4 Å².